The summed E-state index contributed by atoms with van der Waals surface area (Å²) in [7, 11) is 0. The molecule has 8 rings (SSSR count). The lowest BCUT2D eigenvalue weighted by molar-refractivity contribution is 0.107. The number of nitrogens with two attached hydrogens (primary N) is 1. The Balaban J connectivity index is 1.25. The smallest absolute Gasteiger partial charge is 0.319 e. The highest BCUT2D eigenvalue weighted by molar-refractivity contribution is 7.22. The van der Waals surface area contributed by atoms with Gasteiger partial charge < -0.3 is 19.9 Å². The standard InChI is InChI=1S/C28H26F3N9OS/c29-15-10-28(4-1-6-40(28)12-15)14-41-27-36-22-17(25(37-27)39-9-8-38-7-5-33-19(38)13-39)11-34-21(20(22)31)16-2-3-18(30)24-23(16)35-26(32)42-24/h2-3,5,7,11,15H,1,4,6,8-10,12-14H2,(H2,32,35)/t15-,28+/m1/s1. The first-order valence-electron chi connectivity index (χ1n) is 13.9. The highest BCUT2D eigenvalue weighted by Gasteiger charge is 2.49. The molecule has 4 aromatic heterocycles. The first-order chi connectivity index (χ1) is 20.4. The van der Waals surface area contributed by atoms with Crippen molar-refractivity contribution in [1.82, 2.24) is 34.4 Å². The molecule has 7 heterocycles. The minimum Gasteiger partial charge on any atom is -0.461 e. The fourth-order valence-electron chi connectivity index (χ4n) is 6.70. The van der Waals surface area contributed by atoms with E-state index in [9.17, 15) is 8.78 Å². The summed E-state index contributed by atoms with van der Waals surface area (Å²) in [5, 5.41) is 0.578. The molecule has 2 saturated heterocycles. The van der Waals surface area contributed by atoms with E-state index in [0.717, 1.165) is 36.5 Å². The Kier molecular flexibility index (Phi) is 5.80. The fraction of sp³-hybridized carbons (Fsp3) is 0.393. The molecule has 10 nitrogen and oxygen atoms in total. The van der Waals surface area contributed by atoms with Crippen LogP contribution in [0.4, 0.5) is 24.1 Å². The van der Waals surface area contributed by atoms with Crippen LogP contribution >= 0.6 is 11.3 Å². The second-order valence-electron chi connectivity index (χ2n) is 11.2. The normalized spacial score (nSPS) is 22.3. The van der Waals surface area contributed by atoms with Gasteiger partial charge in [-0.1, -0.05) is 11.3 Å². The first kappa shape index (κ1) is 25.7. The molecule has 1 aromatic carbocycles. The summed E-state index contributed by atoms with van der Waals surface area (Å²) in [5.74, 6) is 0.135. The molecule has 0 radical (unpaired) electrons. The number of pyridine rings is 1. The van der Waals surface area contributed by atoms with Crippen LogP contribution in [0.2, 0.25) is 0 Å². The number of aromatic nitrogens is 6. The van der Waals surface area contributed by atoms with Crippen molar-refractivity contribution in [2.45, 2.75) is 44.1 Å². The zero-order chi connectivity index (χ0) is 28.6. The molecule has 3 aliphatic heterocycles. The largest absolute Gasteiger partial charge is 0.461 e. The van der Waals surface area contributed by atoms with Gasteiger partial charge in [0, 0.05) is 50.2 Å². The van der Waals surface area contributed by atoms with Crippen molar-refractivity contribution in [2.75, 3.05) is 36.9 Å². The van der Waals surface area contributed by atoms with Gasteiger partial charge in [0.15, 0.2) is 10.9 Å². The Morgan fingerprint density at radius 3 is 2.90 bits per heavy atom. The average molecular weight is 594 g/mol. The second kappa shape index (κ2) is 9.49. The number of fused-ring (bicyclic) bond motifs is 4. The van der Waals surface area contributed by atoms with E-state index in [-0.39, 0.29) is 39.2 Å². The highest BCUT2D eigenvalue weighted by atomic mass is 32.1. The Labute approximate surface area is 242 Å². The van der Waals surface area contributed by atoms with Gasteiger partial charge in [-0.3, -0.25) is 9.88 Å². The quantitative estimate of drug-likeness (QED) is 0.318. The van der Waals surface area contributed by atoms with Crippen LogP contribution in [-0.2, 0) is 13.1 Å². The highest BCUT2D eigenvalue weighted by Crippen LogP contribution is 2.41. The molecule has 5 aromatic rings. The van der Waals surface area contributed by atoms with Gasteiger partial charge in [-0.15, -0.1) is 0 Å². The van der Waals surface area contributed by atoms with Gasteiger partial charge in [0.05, 0.1) is 27.7 Å². The number of ether oxygens (including phenoxy) is 1. The van der Waals surface area contributed by atoms with Crippen molar-refractivity contribution in [2.24, 2.45) is 0 Å². The summed E-state index contributed by atoms with van der Waals surface area (Å²) >= 11 is 0.992. The first-order valence-corrected chi connectivity index (χ1v) is 14.7. The maximum absolute atomic E-state index is 16.5. The van der Waals surface area contributed by atoms with Crippen LogP contribution in [0.3, 0.4) is 0 Å². The Bertz CT molecular complexity index is 1860. The SMILES string of the molecule is Nc1nc2c(-c3ncc4c(N5CCn6ccnc6C5)nc(OC[C@@]56CCCN5C[C@H](F)C6)nc4c3F)ccc(F)c2s1. The summed E-state index contributed by atoms with van der Waals surface area (Å²) in [5.41, 5.74) is 5.98. The fourth-order valence-corrected chi connectivity index (χ4v) is 7.46. The lowest BCUT2D eigenvalue weighted by atomic mass is 9.95. The zero-order valence-corrected chi connectivity index (χ0v) is 23.3. The van der Waals surface area contributed by atoms with Crippen molar-refractivity contribution in [3.8, 4) is 17.3 Å². The van der Waals surface area contributed by atoms with Crippen molar-refractivity contribution >= 4 is 43.4 Å². The molecule has 2 atom stereocenters. The van der Waals surface area contributed by atoms with E-state index in [1.807, 2.05) is 11.1 Å². The molecule has 42 heavy (non-hydrogen) atoms. The lowest BCUT2D eigenvalue weighted by Crippen LogP contribution is -2.43. The summed E-state index contributed by atoms with van der Waals surface area (Å²) in [6, 6.07) is 2.70. The molecule has 2 N–H and O–H groups in total. The van der Waals surface area contributed by atoms with Gasteiger partial charge in [0.2, 0.25) is 0 Å². The Hall–Kier alpha value is -4.04. The maximum atomic E-state index is 16.5. The topological polar surface area (TPSA) is 111 Å². The molecule has 0 saturated carbocycles. The van der Waals surface area contributed by atoms with E-state index in [4.69, 9.17) is 15.5 Å². The van der Waals surface area contributed by atoms with Crippen LogP contribution in [0.1, 0.15) is 25.1 Å². The number of rotatable bonds is 5. The number of thiazole rings is 1. The second-order valence-corrected chi connectivity index (χ2v) is 12.2. The van der Waals surface area contributed by atoms with Crippen LogP contribution in [0.25, 0.3) is 32.4 Å². The minimum absolute atomic E-state index is 0.00755. The molecule has 2 fully saturated rings. The monoisotopic (exact) mass is 593 g/mol. The average Bonchev–Trinajstić information content (AvgIpc) is 3.75. The molecular weight excluding hydrogens is 567 g/mol. The van der Waals surface area contributed by atoms with Crippen LogP contribution < -0.4 is 15.4 Å². The third-order valence-electron chi connectivity index (χ3n) is 8.69. The lowest BCUT2D eigenvalue weighted by Gasteiger charge is -2.31. The van der Waals surface area contributed by atoms with E-state index < -0.39 is 23.3 Å². The Morgan fingerprint density at radius 2 is 2.00 bits per heavy atom. The number of nitrogens with zero attached hydrogens (tertiary/aromatic N) is 8. The molecule has 0 unspecified atom stereocenters. The molecule has 3 aliphatic rings. The molecule has 0 aliphatic carbocycles. The maximum Gasteiger partial charge on any atom is 0.319 e. The molecule has 0 bridgehead atoms. The molecule has 14 heteroatoms. The van der Waals surface area contributed by atoms with Crippen molar-refractivity contribution in [1.29, 1.82) is 0 Å². The van der Waals surface area contributed by atoms with Crippen LogP contribution in [0.5, 0.6) is 6.01 Å². The zero-order valence-electron chi connectivity index (χ0n) is 22.4. The van der Waals surface area contributed by atoms with Gasteiger partial charge in [-0.05, 0) is 31.5 Å². The van der Waals surface area contributed by atoms with Crippen molar-refractivity contribution in [3.05, 3.63) is 48.2 Å². The third-order valence-corrected chi connectivity index (χ3v) is 9.58. The molecule has 0 amide bonds. The van der Waals surface area contributed by atoms with Gasteiger partial charge in [0.1, 0.15) is 41.4 Å². The Morgan fingerprint density at radius 1 is 1.10 bits per heavy atom. The number of nitrogen functional groups attached to an aromatic ring is 1. The van der Waals surface area contributed by atoms with Crippen molar-refractivity contribution in [3.63, 3.8) is 0 Å². The number of benzene rings is 1. The number of alkyl halides is 1. The number of halogens is 3. The minimum atomic E-state index is -0.905. The third kappa shape index (κ3) is 3.99. The van der Waals surface area contributed by atoms with Crippen molar-refractivity contribution < 1.29 is 17.9 Å². The van der Waals surface area contributed by atoms with Gasteiger partial charge in [-0.25, -0.2) is 23.1 Å². The summed E-state index contributed by atoms with van der Waals surface area (Å²) in [6.07, 6.45) is 6.48. The predicted molar refractivity (Wildman–Crippen MR) is 152 cm³/mol. The molecule has 216 valence electrons. The van der Waals surface area contributed by atoms with Gasteiger partial charge in [0.25, 0.3) is 0 Å². The van der Waals surface area contributed by atoms with Crippen LogP contribution in [-0.4, -0.2) is 72.3 Å². The van der Waals surface area contributed by atoms with Gasteiger partial charge >= 0.3 is 6.01 Å². The number of hydrogen-bond acceptors (Lipinski definition) is 10. The number of anilines is 2. The number of imidazole rings is 1. The molecule has 0 spiro atoms. The van der Waals surface area contributed by atoms with Gasteiger partial charge in [-0.2, -0.15) is 9.97 Å². The van der Waals surface area contributed by atoms with E-state index in [2.05, 4.69) is 29.4 Å². The number of hydrogen-bond donors (Lipinski definition) is 1. The summed E-state index contributed by atoms with van der Waals surface area (Å²) in [6.45, 7) is 3.17. The van der Waals surface area contributed by atoms with Crippen LogP contribution in [0, 0.1) is 11.6 Å². The summed E-state index contributed by atoms with van der Waals surface area (Å²) in [4.78, 5) is 26.6. The van der Waals surface area contributed by atoms with E-state index in [0.29, 0.717) is 49.4 Å². The van der Waals surface area contributed by atoms with Crippen LogP contribution in [0.15, 0.2) is 30.7 Å². The summed E-state index contributed by atoms with van der Waals surface area (Å²) < 4.78 is 53.8. The van der Waals surface area contributed by atoms with E-state index in [1.54, 1.807) is 6.20 Å². The predicted octanol–water partition coefficient (Wildman–Crippen LogP) is 4.33. The molecular formula is C28H26F3N9OS. The van der Waals surface area contributed by atoms with E-state index >= 15 is 4.39 Å². The van der Waals surface area contributed by atoms with E-state index in [1.165, 1.54) is 18.3 Å².